The number of furan rings is 1. The topological polar surface area (TPSA) is 85.6 Å². The molecule has 0 aliphatic carbocycles. The molecule has 0 radical (unpaired) electrons. The molecular weight excluding hydrogens is 330 g/mol. The molecule has 0 aliphatic rings. The normalized spacial score (nSPS) is 12.6. The van der Waals surface area contributed by atoms with E-state index in [1.165, 1.54) is 25.3 Å². The van der Waals surface area contributed by atoms with Crippen molar-refractivity contribution in [2.45, 2.75) is 37.0 Å². The average Bonchev–Trinajstić information content (AvgIpc) is 3.02. The molecule has 7 heteroatoms. The number of para-hydroxylation sites is 1. The van der Waals surface area contributed by atoms with Gasteiger partial charge in [-0.1, -0.05) is 19.1 Å². The number of sulfone groups is 1. The standard InChI is InChI=1S/C17H21NO5S/c1-4-12(2)18-17(19)15-10-9-13(23-15)11-24(20,21)16-8-6-5-7-14(16)22-3/h5-10,12H,4,11H2,1-3H3,(H,18,19). The highest BCUT2D eigenvalue weighted by molar-refractivity contribution is 7.90. The van der Waals surface area contributed by atoms with Crippen molar-refractivity contribution in [3.8, 4) is 5.75 Å². The second kappa shape index (κ2) is 7.53. The quantitative estimate of drug-likeness (QED) is 0.829. The van der Waals surface area contributed by atoms with Gasteiger partial charge < -0.3 is 14.5 Å². The van der Waals surface area contributed by atoms with Crippen molar-refractivity contribution in [1.29, 1.82) is 0 Å². The number of hydrogen-bond donors (Lipinski definition) is 1. The van der Waals surface area contributed by atoms with Crippen molar-refractivity contribution < 1.29 is 22.4 Å². The number of carbonyl (C=O) groups excluding carboxylic acids is 1. The van der Waals surface area contributed by atoms with Crippen LogP contribution < -0.4 is 10.1 Å². The predicted octanol–water partition coefficient (Wildman–Crippen LogP) is 2.79. The lowest BCUT2D eigenvalue weighted by atomic mass is 10.2. The Morgan fingerprint density at radius 3 is 2.62 bits per heavy atom. The van der Waals surface area contributed by atoms with E-state index in [9.17, 15) is 13.2 Å². The van der Waals surface area contributed by atoms with Gasteiger partial charge in [0.25, 0.3) is 5.91 Å². The number of carbonyl (C=O) groups is 1. The number of methoxy groups -OCH3 is 1. The fraction of sp³-hybridized carbons (Fsp3) is 0.353. The van der Waals surface area contributed by atoms with Crippen molar-refractivity contribution >= 4 is 15.7 Å². The number of benzene rings is 1. The molecule has 2 rings (SSSR count). The predicted molar refractivity (Wildman–Crippen MR) is 89.8 cm³/mol. The van der Waals surface area contributed by atoms with E-state index in [1.807, 2.05) is 13.8 Å². The van der Waals surface area contributed by atoms with Crippen molar-refractivity contribution in [3.05, 3.63) is 47.9 Å². The van der Waals surface area contributed by atoms with Crippen LogP contribution in [0, 0.1) is 0 Å². The number of amides is 1. The van der Waals surface area contributed by atoms with Crippen LogP contribution in [0.5, 0.6) is 5.75 Å². The summed E-state index contributed by atoms with van der Waals surface area (Å²) in [5.74, 6) is -0.121. The largest absolute Gasteiger partial charge is 0.495 e. The molecule has 1 atom stereocenters. The third-order valence-electron chi connectivity index (χ3n) is 3.61. The first-order valence-corrected chi connectivity index (χ1v) is 9.28. The summed E-state index contributed by atoms with van der Waals surface area (Å²) in [5, 5.41) is 2.77. The van der Waals surface area contributed by atoms with E-state index >= 15 is 0 Å². The summed E-state index contributed by atoms with van der Waals surface area (Å²) >= 11 is 0. The van der Waals surface area contributed by atoms with Gasteiger partial charge in [-0.15, -0.1) is 0 Å². The van der Waals surface area contributed by atoms with E-state index in [4.69, 9.17) is 9.15 Å². The van der Waals surface area contributed by atoms with Crippen LogP contribution in [-0.2, 0) is 15.6 Å². The van der Waals surface area contributed by atoms with Crippen molar-refractivity contribution in [3.63, 3.8) is 0 Å². The van der Waals surface area contributed by atoms with Gasteiger partial charge >= 0.3 is 0 Å². The highest BCUT2D eigenvalue weighted by Gasteiger charge is 2.22. The Kier molecular flexibility index (Phi) is 5.66. The summed E-state index contributed by atoms with van der Waals surface area (Å²) in [6.07, 6.45) is 0.793. The molecule has 0 bridgehead atoms. The number of rotatable bonds is 7. The summed E-state index contributed by atoms with van der Waals surface area (Å²) in [7, 11) is -2.23. The molecule has 0 saturated carbocycles. The molecule has 1 N–H and O–H groups in total. The van der Waals surface area contributed by atoms with Crippen LogP contribution in [0.4, 0.5) is 0 Å². The second-order valence-corrected chi connectivity index (χ2v) is 7.42. The van der Waals surface area contributed by atoms with E-state index in [-0.39, 0.29) is 39.9 Å². The van der Waals surface area contributed by atoms with Crippen LogP contribution in [0.15, 0.2) is 45.7 Å². The fourth-order valence-electron chi connectivity index (χ4n) is 2.12. The van der Waals surface area contributed by atoms with Crippen LogP contribution in [0.2, 0.25) is 0 Å². The van der Waals surface area contributed by atoms with E-state index < -0.39 is 9.84 Å². The van der Waals surface area contributed by atoms with Gasteiger partial charge in [0.05, 0.1) is 7.11 Å². The first-order chi connectivity index (χ1) is 11.4. The molecule has 24 heavy (non-hydrogen) atoms. The van der Waals surface area contributed by atoms with Gasteiger partial charge in [-0.2, -0.15) is 0 Å². The minimum absolute atomic E-state index is 0.0170. The lowest BCUT2D eigenvalue weighted by Crippen LogP contribution is -2.31. The van der Waals surface area contributed by atoms with Crippen LogP contribution in [0.3, 0.4) is 0 Å². The Balaban J connectivity index is 2.18. The second-order valence-electron chi connectivity index (χ2n) is 5.46. The zero-order valence-corrected chi connectivity index (χ0v) is 14.7. The first kappa shape index (κ1) is 18.1. The van der Waals surface area contributed by atoms with Gasteiger partial charge in [0.15, 0.2) is 15.6 Å². The molecule has 0 saturated heterocycles. The SMILES string of the molecule is CCC(C)NC(=O)c1ccc(CS(=O)(=O)c2ccccc2OC)o1. The molecule has 0 fully saturated rings. The summed E-state index contributed by atoms with van der Waals surface area (Å²) < 4.78 is 35.6. The number of hydrogen-bond acceptors (Lipinski definition) is 5. The zero-order valence-electron chi connectivity index (χ0n) is 13.9. The molecule has 1 amide bonds. The fourth-order valence-corrected chi connectivity index (χ4v) is 3.54. The molecule has 2 aromatic rings. The Morgan fingerprint density at radius 1 is 1.25 bits per heavy atom. The summed E-state index contributed by atoms with van der Waals surface area (Å²) in [5.41, 5.74) is 0. The molecule has 0 aliphatic heterocycles. The van der Waals surface area contributed by atoms with E-state index in [0.717, 1.165) is 6.42 Å². The minimum Gasteiger partial charge on any atom is -0.495 e. The smallest absolute Gasteiger partial charge is 0.287 e. The van der Waals surface area contributed by atoms with Gasteiger partial charge in [0.1, 0.15) is 22.2 Å². The zero-order chi connectivity index (χ0) is 17.7. The molecule has 1 aromatic carbocycles. The van der Waals surface area contributed by atoms with Gasteiger partial charge in [-0.3, -0.25) is 4.79 Å². The Labute approximate surface area is 141 Å². The van der Waals surface area contributed by atoms with Crippen molar-refractivity contribution in [2.75, 3.05) is 7.11 Å². The van der Waals surface area contributed by atoms with Gasteiger partial charge in [0.2, 0.25) is 0 Å². The maximum Gasteiger partial charge on any atom is 0.287 e. The maximum atomic E-state index is 12.5. The summed E-state index contributed by atoms with van der Waals surface area (Å²) in [6, 6.07) is 9.38. The van der Waals surface area contributed by atoms with Crippen molar-refractivity contribution in [2.24, 2.45) is 0 Å². The van der Waals surface area contributed by atoms with Gasteiger partial charge in [-0.05, 0) is 37.6 Å². The lowest BCUT2D eigenvalue weighted by Gasteiger charge is -2.09. The van der Waals surface area contributed by atoms with Crippen molar-refractivity contribution in [1.82, 2.24) is 5.32 Å². The third-order valence-corrected chi connectivity index (χ3v) is 5.28. The Morgan fingerprint density at radius 2 is 1.96 bits per heavy atom. The van der Waals surface area contributed by atoms with E-state index in [1.54, 1.807) is 18.2 Å². The lowest BCUT2D eigenvalue weighted by molar-refractivity contribution is 0.0909. The molecule has 1 aromatic heterocycles. The monoisotopic (exact) mass is 351 g/mol. The maximum absolute atomic E-state index is 12.5. The summed E-state index contributed by atoms with van der Waals surface area (Å²) in [6.45, 7) is 3.84. The van der Waals surface area contributed by atoms with Crippen LogP contribution in [0.25, 0.3) is 0 Å². The van der Waals surface area contributed by atoms with E-state index in [2.05, 4.69) is 5.32 Å². The molecule has 1 heterocycles. The molecule has 1 unspecified atom stereocenters. The number of nitrogens with one attached hydrogen (secondary N) is 1. The van der Waals surface area contributed by atoms with Gasteiger partial charge in [0, 0.05) is 6.04 Å². The third kappa shape index (κ3) is 4.17. The number of ether oxygens (including phenoxy) is 1. The Hall–Kier alpha value is -2.28. The van der Waals surface area contributed by atoms with Crippen LogP contribution in [-0.4, -0.2) is 27.5 Å². The average molecular weight is 351 g/mol. The molecule has 6 nitrogen and oxygen atoms in total. The minimum atomic E-state index is -3.65. The highest BCUT2D eigenvalue weighted by Crippen LogP contribution is 2.26. The molecule has 0 spiro atoms. The molecular formula is C17H21NO5S. The van der Waals surface area contributed by atoms with Gasteiger partial charge in [-0.25, -0.2) is 8.42 Å². The summed E-state index contributed by atoms with van der Waals surface area (Å²) in [4.78, 5) is 12.1. The molecule has 130 valence electrons. The first-order valence-electron chi connectivity index (χ1n) is 7.62. The van der Waals surface area contributed by atoms with E-state index in [0.29, 0.717) is 0 Å². The van der Waals surface area contributed by atoms with Crippen LogP contribution in [0.1, 0.15) is 36.6 Å². The van der Waals surface area contributed by atoms with Crippen LogP contribution >= 0.6 is 0 Å². The Bertz CT molecular complexity index is 810. The highest BCUT2D eigenvalue weighted by atomic mass is 32.2.